The second kappa shape index (κ2) is 4.87. The molecular weight excluding hydrogens is 227 g/mol. The highest BCUT2D eigenvalue weighted by Gasteiger charge is 2.07. The van der Waals surface area contributed by atoms with E-state index in [9.17, 15) is 0 Å². The van der Waals surface area contributed by atoms with Crippen LogP contribution in [0.5, 0.6) is 0 Å². The molecule has 77 valence electrons. The Morgan fingerprint density at radius 1 is 1.13 bits per heavy atom. The summed E-state index contributed by atoms with van der Waals surface area (Å²) in [4.78, 5) is 0. The maximum Gasteiger partial charge on any atom is 0.0441 e. The minimum absolute atomic E-state index is 0.817. The Bertz CT molecular complexity index is 416. The third-order valence-corrected chi connectivity index (χ3v) is 3.00. The van der Waals surface area contributed by atoms with Crippen LogP contribution in [0.3, 0.4) is 0 Å². The van der Waals surface area contributed by atoms with Crippen molar-refractivity contribution in [2.24, 2.45) is 0 Å². The lowest BCUT2D eigenvalue weighted by Crippen LogP contribution is -1.96. The molecule has 15 heavy (non-hydrogen) atoms. The van der Waals surface area contributed by atoms with Crippen LogP contribution < -0.4 is 0 Å². The molecule has 0 amide bonds. The van der Waals surface area contributed by atoms with Gasteiger partial charge in [-0.15, -0.1) is 0 Å². The zero-order chi connectivity index (χ0) is 10.7. The number of allylic oxidation sites excluding steroid dienone is 4. The predicted molar refractivity (Wildman–Crippen MR) is 66.1 cm³/mol. The molecular formula is C13H11Cl2. The Hall–Kier alpha value is -0.720. The van der Waals surface area contributed by atoms with Gasteiger partial charge in [0.2, 0.25) is 0 Å². The highest BCUT2D eigenvalue weighted by atomic mass is 35.5. The van der Waals surface area contributed by atoms with E-state index in [1.54, 1.807) is 0 Å². The zero-order valence-electron chi connectivity index (χ0n) is 8.21. The van der Waals surface area contributed by atoms with Crippen LogP contribution in [0.15, 0.2) is 47.0 Å². The molecule has 2 heteroatoms. The van der Waals surface area contributed by atoms with Gasteiger partial charge in [0, 0.05) is 10.1 Å². The molecule has 0 saturated heterocycles. The first-order valence-corrected chi connectivity index (χ1v) is 5.64. The summed E-state index contributed by atoms with van der Waals surface area (Å²) < 4.78 is 0. The Kier molecular flexibility index (Phi) is 3.50. The molecule has 1 radical (unpaired) electrons. The first-order chi connectivity index (χ1) is 7.25. The third kappa shape index (κ3) is 2.87. The summed E-state index contributed by atoms with van der Waals surface area (Å²) in [5, 5.41) is 1.64. The molecule has 1 aromatic carbocycles. The third-order valence-electron chi connectivity index (χ3n) is 2.37. The molecule has 1 aromatic rings. The first-order valence-electron chi connectivity index (χ1n) is 4.88. The van der Waals surface area contributed by atoms with Crippen molar-refractivity contribution in [3.8, 4) is 0 Å². The van der Waals surface area contributed by atoms with E-state index in [1.165, 1.54) is 5.57 Å². The smallest absolute Gasteiger partial charge is 0.0441 e. The molecule has 0 bridgehead atoms. The lowest BCUT2D eigenvalue weighted by molar-refractivity contribution is 1.08. The van der Waals surface area contributed by atoms with Gasteiger partial charge in [-0.2, -0.15) is 0 Å². The van der Waals surface area contributed by atoms with Crippen LogP contribution in [0.2, 0.25) is 5.02 Å². The van der Waals surface area contributed by atoms with Crippen molar-refractivity contribution in [3.05, 3.63) is 64.0 Å². The van der Waals surface area contributed by atoms with Crippen LogP contribution >= 0.6 is 23.2 Å². The molecule has 0 N–H and O–H groups in total. The van der Waals surface area contributed by atoms with E-state index in [0.717, 1.165) is 28.5 Å². The van der Waals surface area contributed by atoms with E-state index in [4.69, 9.17) is 23.2 Å². The second-order valence-electron chi connectivity index (χ2n) is 3.52. The molecule has 0 aliphatic heterocycles. The van der Waals surface area contributed by atoms with Gasteiger partial charge in [-0.3, -0.25) is 0 Å². The van der Waals surface area contributed by atoms with E-state index in [-0.39, 0.29) is 0 Å². The highest BCUT2D eigenvalue weighted by Crippen LogP contribution is 2.25. The first kappa shape index (κ1) is 10.8. The Morgan fingerprint density at radius 2 is 1.93 bits per heavy atom. The quantitative estimate of drug-likeness (QED) is 0.709. The summed E-state index contributed by atoms with van der Waals surface area (Å²) in [5.41, 5.74) is 2.38. The summed E-state index contributed by atoms with van der Waals surface area (Å²) in [6.07, 6.45) is 7.93. The van der Waals surface area contributed by atoms with E-state index in [0.29, 0.717) is 0 Å². The average molecular weight is 238 g/mol. The number of hydrogen-bond acceptors (Lipinski definition) is 0. The minimum Gasteiger partial charge on any atom is -0.0847 e. The molecule has 0 aromatic heterocycles. The topological polar surface area (TPSA) is 0 Å². The normalized spacial score (nSPS) is 15.9. The van der Waals surface area contributed by atoms with Gasteiger partial charge in [-0.25, -0.2) is 0 Å². The van der Waals surface area contributed by atoms with Gasteiger partial charge in [-0.05, 0) is 37.0 Å². The van der Waals surface area contributed by atoms with Crippen LogP contribution in [0.25, 0.3) is 0 Å². The number of rotatable bonds is 2. The summed E-state index contributed by atoms with van der Waals surface area (Å²) in [7, 11) is 0. The van der Waals surface area contributed by atoms with Crippen molar-refractivity contribution in [1.82, 2.24) is 0 Å². The van der Waals surface area contributed by atoms with Crippen molar-refractivity contribution in [2.45, 2.75) is 12.8 Å². The van der Waals surface area contributed by atoms with Gasteiger partial charge in [0.1, 0.15) is 0 Å². The number of benzene rings is 1. The van der Waals surface area contributed by atoms with E-state index in [1.807, 2.05) is 36.4 Å². The summed E-state index contributed by atoms with van der Waals surface area (Å²) in [5.74, 6) is 0. The minimum atomic E-state index is 0.817. The molecule has 1 aliphatic rings. The maximum atomic E-state index is 6.09. The Balaban J connectivity index is 2.16. The fourth-order valence-corrected chi connectivity index (χ4v) is 2.03. The van der Waals surface area contributed by atoms with Crippen LogP contribution in [-0.2, 0) is 6.42 Å². The molecule has 0 heterocycles. The molecule has 0 atom stereocenters. The summed E-state index contributed by atoms with van der Waals surface area (Å²) in [6.45, 7) is 0. The molecule has 0 saturated carbocycles. The van der Waals surface area contributed by atoms with Gasteiger partial charge >= 0.3 is 0 Å². The van der Waals surface area contributed by atoms with Gasteiger partial charge in [0.15, 0.2) is 0 Å². The van der Waals surface area contributed by atoms with Gasteiger partial charge in [0.05, 0.1) is 0 Å². The van der Waals surface area contributed by atoms with E-state index < -0.39 is 0 Å². The van der Waals surface area contributed by atoms with Crippen LogP contribution in [0.1, 0.15) is 12.0 Å². The van der Waals surface area contributed by atoms with Crippen molar-refractivity contribution in [2.75, 3.05) is 0 Å². The van der Waals surface area contributed by atoms with E-state index >= 15 is 0 Å². The molecule has 2 rings (SSSR count). The second-order valence-corrected chi connectivity index (χ2v) is 4.36. The standard InChI is InChI=1S/C13H11Cl2/c14-12-6-3-4-10(9-12)8-11-5-1-2-7-13(11)15/h1-2,4-7,9H,3,8H2. The summed E-state index contributed by atoms with van der Waals surface area (Å²) in [6, 6.07) is 7.90. The lowest BCUT2D eigenvalue weighted by Gasteiger charge is -2.11. The fourth-order valence-electron chi connectivity index (χ4n) is 1.60. The van der Waals surface area contributed by atoms with Crippen molar-refractivity contribution < 1.29 is 0 Å². The maximum absolute atomic E-state index is 6.09. The van der Waals surface area contributed by atoms with Crippen LogP contribution in [0.4, 0.5) is 0 Å². The van der Waals surface area contributed by atoms with E-state index in [2.05, 4.69) is 6.42 Å². The van der Waals surface area contributed by atoms with Crippen LogP contribution in [-0.4, -0.2) is 0 Å². The Morgan fingerprint density at radius 3 is 2.67 bits per heavy atom. The monoisotopic (exact) mass is 237 g/mol. The predicted octanol–water partition coefficient (Wildman–Crippen LogP) is 4.54. The average Bonchev–Trinajstić information content (AvgIpc) is 2.22. The van der Waals surface area contributed by atoms with Crippen molar-refractivity contribution in [1.29, 1.82) is 0 Å². The molecule has 0 spiro atoms. The number of halogens is 2. The van der Waals surface area contributed by atoms with Crippen molar-refractivity contribution in [3.63, 3.8) is 0 Å². The lowest BCUT2D eigenvalue weighted by atomic mass is 9.98. The molecule has 1 aliphatic carbocycles. The fraction of sp³-hybridized carbons (Fsp3) is 0.154. The molecule has 0 unspecified atom stereocenters. The molecule has 0 fully saturated rings. The van der Waals surface area contributed by atoms with Crippen LogP contribution in [0, 0.1) is 6.42 Å². The van der Waals surface area contributed by atoms with Crippen molar-refractivity contribution >= 4 is 23.2 Å². The molecule has 0 nitrogen and oxygen atoms in total. The van der Waals surface area contributed by atoms with Gasteiger partial charge in [-0.1, -0.05) is 53.1 Å². The Labute approximate surface area is 100 Å². The highest BCUT2D eigenvalue weighted by molar-refractivity contribution is 6.31. The van der Waals surface area contributed by atoms with Gasteiger partial charge < -0.3 is 0 Å². The van der Waals surface area contributed by atoms with Gasteiger partial charge in [0.25, 0.3) is 0 Å². The SMILES string of the molecule is ClC1=CC[CH]C(Cc2ccccc2Cl)=C1. The number of hydrogen-bond donors (Lipinski definition) is 0. The zero-order valence-corrected chi connectivity index (χ0v) is 9.72. The summed E-state index contributed by atoms with van der Waals surface area (Å²) >= 11 is 12.0. The largest absolute Gasteiger partial charge is 0.0847 e.